The molecule has 52 valence electrons. The van der Waals surface area contributed by atoms with Crippen LogP contribution < -0.4 is 0 Å². The molecule has 0 rings (SSSR count). The van der Waals surface area contributed by atoms with E-state index in [9.17, 15) is 4.79 Å². The van der Waals surface area contributed by atoms with Gasteiger partial charge in [0, 0.05) is 10.0 Å². The van der Waals surface area contributed by atoms with Gasteiger partial charge in [0.2, 0.25) is 0 Å². The summed E-state index contributed by atoms with van der Waals surface area (Å²) >= 11 is 2.21. The van der Waals surface area contributed by atoms with Crippen LogP contribution >= 0.6 is 22.6 Å². The maximum absolute atomic E-state index is 10.1. The molecule has 0 spiro atoms. The van der Waals surface area contributed by atoms with Crippen molar-refractivity contribution < 1.29 is 9.90 Å². The number of carboxylic acid groups (broad SMARTS) is 1. The summed E-state index contributed by atoms with van der Waals surface area (Å²) in [5, 5.41) is 8.34. The van der Waals surface area contributed by atoms with Crippen LogP contribution in [0.1, 0.15) is 13.3 Å². The summed E-state index contributed by atoms with van der Waals surface area (Å²) in [6, 6.07) is 0. The molecule has 1 N–H and O–H groups in total. The normalized spacial score (nSPS) is 11.6. The first kappa shape index (κ1) is 8.94. The molecule has 0 aromatic rings. The number of alkyl halides is 1. The third-order valence-corrected chi connectivity index (χ3v) is 1.52. The zero-order valence-corrected chi connectivity index (χ0v) is 7.38. The number of carbonyl (C=O) groups is 1. The largest absolute Gasteiger partial charge is 0.478 e. The maximum atomic E-state index is 10.1. The fraction of sp³-hybridized carbons (Fsp3) is 0.500. The summed E-state index contributed by atoms with van der Waals surface area (Å²) in [6.45, 7) is 1.61. The summed E-state index contributed by atoms with van der Waals surface area (Å²) in [5.41, 5.74) is 0.437. The Morgan fingerprint density at radius 3 is 2.67 bits per heavy atom. The van der Waals surface area contributed by atoms with E-state index in [4.69, 9.17) is 5.11 Å². The van der Waals surface area contributed by atoms with Gasteiger partial charge < -0.3 is 5.11 Å². The van der Waals surface area contributed by atoms with E-state index in [1.807, 2.05) is 0 Å². The minimum absolute atomic E-state index is 0.437. The van der Waals surface area contributed by atoms with E-state index in [1.54, 1.807) is 13.0 Å². The first-order valence-corrected chi connectivity index (χ1v) is 4.17. The predicted molar refractivity (Wildman–Crippen MR) is 44.9 cm³/mol. The SMILES string of the molecule is CC(=CCCI)C(=O)O. The minimum Gasteiger partial charge on any atom is -0.478 e. The average molecular weight is 240 g/mol. The second-order valence-electron chi connectivity index (χ2n) is 1.67. The molecule has 3 heteroatoms. The summed E-state index contributed by atoms with van der Waals surface area (Å²) < 4.78 is 0.975. The van der Waals surface area contributed by atoms with Crippen LogP contribution in [-0.4, -0.2) is 15.5 Å². The average Bonchev–Trinajstić information content (AvgIpc) is 1.82. The molecule has 2 nitrogen and oxygen atoms in total. The van der Waals surface area contributed by atoms with Gasteiger partial charge in [0.25, 0.3) is 0 Å². The van der Waals surface area contributed by atoms with Crippen LogP contribution in [0.3, 0.4) is 0 Å². The first-order valence-electron chi connectivity index (χ1n) is 2.64. The first-order chi connectivity index (χ1) is 4.18. The minimum atomic E-state index is -0.820. The highest BCUT2D eigenvalue weighted by Gasteiger charge is 1.96. The summed E-state index contributed by atoms with van der Waals surface area (Å²) in [5.74, 6) is -0.820. The number of carboxylic acids is 1. The Bertz CT molecular complexity index is 129. The molecule has 0 aromatic carbocycles. The highest BCUT2D eigenvalue weighted by molar-refractivity contribution is 14.1. The number of allylic oxidation sites excluding steroid dienone is 1. The molecular formula is C6H9IO2. The van der Waals surface area contributed by atoms with Crippen molar-refractivity contribution in [3.05, 3.63) is 11.6 Å². The number of rotatable bonds is 3. The second kappa shape index (κ2) is 4.78. The van der Waals surface area contributed by atoms with Crippen molar-refractivity contribution in [1.82, 2.24) is 0 Å². The van der Waals surface area contributed by atoms with E-state index >= 15 is 0 Å². The van der Waals surface area contributed by atoms with Gasteiger partial charge in [-0.15, -0.1) is 0 Å². The smallest absolute Gasteiger partial charge is 0.330 e. The highest BCUT2D eigenvalue weighted by Crippen LogP contribution is 1.97. The van der Waals surface area contributed by atoms with Gasteiger partial charge in [0.1, 0.15) is 0 Å². The standard InChI is InChI=1S/C6H9IO2/c1-5(6(8)9)3-2-4-7/h3H,2,4H2,1H3,(H,8,9). The van der Waals surface area contributed by atoms with Crippen molar-refractivity contribution >= 4 is 28.6 Å². The molecular weight excluding hydrogens is 231 g/mol. The molecule has 0 bridgehead atoms. The van der Waals surface area contributed by atoms with E-state index in [0.29, 0.717) is 5.57 Å². The zero-order chi connectivity index (χ0) is 7.28. The maximum Gasteiger partial charge on any atom is 0.330 e. The fourth-order valence-electron chi connectivity index (χ4n) is 0.358. The van der Waals surface area contributed by atoms with Crippen LogP contribution in [-0.2, 0) is 4.79 Å². The predicted octanol–water partition coefficient (Wildman–Crippen LogP) is 1.84. The molecule has 0 atom stereocenters. The molecule has 0 unspecified atom stereocenters. The molecule has 0 aliphatic rings. The summed E-state index contributed by atoms with van der Waals surface area (Å²) in [6.07, 6.45) is 2.58. The monoisotopic (exact) mass is 240 g/mol. The van der Waals surface area contributed by atoms with Crippen molar-refractivity contribution in [2.45, 2.75) is 13.3 Å². The van der Waals surface area contributed by atoms with E-state index in [0.717, 1.165) is 10.8 Å². The second-order valence-corrected chi connectivity index (χ2v) is 2.75. The van der Waals surface area contributed by atoms with E-state index in [-0.39, 0.29) is 0 Å². The van der Waals surface area contributed by atoms with E-state index in [1.165, 1.54) is 0 Å². The van der Waals surface area contributed by atoms with E-state index < -0.39 is 5.97 Å². The Morgan fingerprint density at radius 1 is 1.78 bits per heavy atom. The number of aliphatic carboxylic acids is 1. The van der Waals surface area contributed by atoms with Gasteiger partial charge in [-0.2, -0.15) is 0 Å². The Morgan fingerprint density at radius 2 is 2.33 bits per heavy atom. The third kappa shape index (κ3) is 4.44. The molecule has 0 heterocycles. The van der Waals surface area contributed by atoms with Crippen LogP contribution in [0, 0.1) is 0 Å². The summed E-state index contributed by atoms with van der Waals surface area (Å²) in [4.78, 5) is 10.1. The van der Waals surface area contributed by atoms with Gasteiger partial charge in [0.05, 0.1) is 0 Å². The molecule has 9 heavy (non-hydrogen) atoms. The highest BCUT2D eigenvalue weighted by atomic mass is 127. The third-order valence-electron chi connectivity index (χ3n) is 0.897. The van der Waals surface area contributed by atoms with Crippen molar-refractivity contribution in [3.63, 3.8) is 0 Å². The van der Waals surface area contributed by atoms with Crippen LogP contribution in [0.25, 0.3) is 0 Å². The molecule has 0 saturated carbocycles. The number of halogens is 1. The van der Waals surface area contributed by atoms with Crippen LogP contribution in [0.4, 0.5) is 0 Å². The van der Waals surface area contributed by atoms with Crippen molar-refractivity contribution in [2.24, 2.45) is 0 Å². The molecule has 0 amide bonds. The molecule has 0 saturated heterocycles. The molecule has 0 aromatic heterocycles. The lowest BCUT2D eigenvalue weighted by atomic mass is 10.2. The Balaban J connectivity index is 3.69. The molecule has 0 aliphatic heterocycles. The topological polar surface area (TPSA) is 37.3 Å². The van der Waals surface area contributed by atoms with Crippen molar-refractivity contribution in [3.8, 4) is 0 Å². The van der Waals surface area contributed by atoms with Crippen LogP contribution in [0.15, 0.2) is 11.6 Å². The number of hydrogen-bond donors (Lipinski definition) is 1. The zero-order valence-electron chi connectivity index (χ0n) is 5.22. The van der Waals surface area contributed by atoms with Crippen molar-refractivity contribution in [2.75, 3.05) is 4.43 Å². The van der Waals surface area contributed by atoms with Crippen molar-refractivity contribution in [1.29, 1.82) is 0 Å². The molecule has 0 aliphatic carbocycles. The van der Waals surface area contributed by atoms with Gasteiger partial charge in [-0.1, -0.05) is 28.7 Å². The Labute approximate surface area is 68.1 Å². The fourth-order valence-corrected chi connectivity index (χ4v) is 0.670. The van der Waals surface area contributed by atoms with Gasteiger partial charge in [0.15, 0.2) is 0 Å². The van der Waals surface area contributed by atoms with Gasteiger partial charge in [-0.3, -0.25) is 0 Å². The van der Waals surface area contributed by atoms with Gasteiger partial charge in [-0.05, 0) is 13.3 Å². The lowest BCUT2D eigenvalue weighted by Crippen LogP contribution is -1.95. The lowest BCUT2D eigenvalue weighted by molar-refractivity contribution is -0.132. The lowest BCUT2D eigenvalue weighted by Gasteiger charge is -1.89. The summed E-state index contributed by atoms with van der Waals surface area (Å²) in [7, 11) is 0. The Kier molecular flexibility index (Phi) is 4.75. The molecule has 0 radical (unpaired) electrons. The quantitative estimate of drug-likeness (QED) is 0.464. The number of hydrogen-bond acceptors (Lipinski definition) is 1. The Hall–Kier alpha value is -0.0600. The van der Waals surface area contributed by atoms with E-state index in [2.05, 4.69) is 22.6 Å². The van der Waals surface area contributed by atoms with Crippen LogP contribution in [0.2, 0.25) is 0 Å². The van der Waals surface area contributed by atoms with Crippen LogP contribution in [0.5, 0.6) is 0 Å². The van der Waals surface area contributed by atoms with Gasteiger partial charge >= 0.3 is 5.97 Å². The molecule has 0 fully saturated rings. The van der Waals surface area contributed by atoms with Gasteiger partial charge in [-0.25, -0.2) is 4.79 Å².